The first-order valence-corrected chi connectivity index (χ1v) is 9.34. The molecule has 1 aromatic heterocycles. The number of amides is 1. The van der Waals surface area contributed by atoms with E-state index in [0.717, 1.165) is 27.0 Å². The molecule has 0 bridgehead atoms. The number of aryl methyl sites for hydroxylation is 1. The number of hydrogen-bond acceptors (Lipinski definition) is 3. The summed E-state index contributed by atoms with van der Waals surface area (Å²) >= 11 is 4.87. The molecule has 0 fully saturated rings. The molecule has 0 aliphatic heterocycles. The molecule has 24 heavy (non-hydrogen) atoms. The molecule has 3 rings (SSSR count). The zero-order valence-corrected chi connectivity index (χ0v) is 15.9. The van der Waals surface area contributed by atoms with E-state index in [2.05, 4.69) is 20.9 Å². The third-order valence-corrected chi connectivity index (χ3v) is 5.14. The van der Waals surface area contributed by atoms with E-state index in [1.54, 1.807) is 12.1 Å². The molecule has 3 aromatic rings. The van der Waals surface area contributed by atoms with Crippen molar-refractivity contribution >= 4 is 43.4 Å². The number of benzene rings is 2. The molecule has 124 valence electrons. The number of aromatic nitrogens is 1. The average Bonchev–Trinajstić information content (AvgIpc) is 2.93. The van der Waals surface area contributed by atoms with Gasteiger partial charge >= 0.3 is 0 Å². The highest BCUT2D eigenvalue weighted by Gasteiger charge is 2.12. The predicted octanol–water partition coefficient (Wildman–Crippen LogP) is 4.63. The lowest BCUT2D eigenvalue weighted by Gasteiger charge is -2.07. The van der Waals surface area contributed by atoms with Crippen molar-refractivity contribution in [3.05, 3.63) is 57.3 Å². The molecule has 0 unspecified atom stereocenters. The van der Waals surface area contributed by atoms with Gasteiger partial charge in [-0.25, -0.2) is 0 Å². The van der Waals surface area contributed by atoms with E-state index in [1.807, 2.05) is 48.7 Å². The minimum Gasteiger partial charge on any atom is -0.492 e. The Morgan fingerprint density at radius 2 is 1.96 bits per heavy atom. The lowest BCUT2D eigenvalue weighted by Crippen LogP contribution is -2.16. The lowest BCUT2D eigenvalue weighted by molar-refractivity contribution is 0.0998. The molecular weight excluding hydrogens is 388 g/mol. The van der Waals surface area contributed by atoms with Gasteiger partial charge in [0.1, 0.15) is 11.3 Å². The van der Waals surface area contributed by atoms with Gasteiger partial charge in [-0.15, -0.1) is 0 Å². The van der Waals surface area contributed by atoms with Crippen molar-refractivity contribution in [1.82, 2.24) is 4.57 Å². The van der Waals surface area contributed by atoms with Crippen LogP contribution in [0.3, 0.4) is 0 Å². The number of para-hydroxylation sites is 1. The number of carbonyl (C=O) groups is 1. The maximum Gasteiger partial charge on any atom is 0.279 e. The van der Waals surface area contributed by atoms with Crippen molar-refractivity contribution in [3.63, 3.8) is 0 Å². The number of fused-ring (bicyclic) bond motifs is 1. The van der Waals surface area contributed by atoms with Gasteiger partial charge in [0.15, 0.2) is 4.80 Å². The first kappa shape index (κ1) is 16.9. The second-order valence-electron chi connectivity index (χ2n) is 5.09. The molecule has 2 aromatic carbocycles. The van der Waals surface area contributed by atoms with E-state index in [9.17, 15) is 4.79 Å². The lowest BCUT2D eigenvalue weighted by atomic mass is 10.2. The SMILES string of the molecule is CCOc1cccc2sc(=NC(=O)c3ccc(Br)cc3)n(CC)c12. The summed E-state index contributed by atoms with van der Waals surface area (Å²) in [4.78, 5) is 17.5. The summed E-state index contributed by atoms with van der Waals surface area (Å²) in [5.41, 5.74) is 1.57. The second kappa shape index (κ2) is 7.32. The maximum absolute atomic E-state index is 12.5. The Balaban J connectivity index is 2.13. The van der Waals surface area contributed by atoms with Crippen molar-refractivity contribution in [2.24, 2.45) is 4.99 Å². The Labute approximate surface area is 152 Å². The largest absolute Gasteiger partial charge is 0.492 e. The number of carbonyl (C=O) groups excluding carboxylic acids is 1. The van der Waals surface area contributed by atoms with Crippen LogP contribution >= 0.6 is 27.3 Å². The third kappa shape index (κ3) is 3.30. The molecule has 0 saturated carbocycles. The van der Waals surface area contributed by atoms with Crippen LogP contribution in [-0.2, 0) is 6.54 Å². The van der Waals surface area contributed by atoms with Crippen molar-refractivity contribution in [3.8, 4) is 5.75 Å². The fraction of sp³-hybridized carbons (Fsp3) is 0.222. The zero-order valence-electron chi connectivity index (χ0n) is 13.5. The number of thiazole rings is 1. The molecule has 6 heteroatoms. The van der Waals surface area contributed by atoms with E-state index in [-0.39, 0.29) is 5.91 Å². The molecular formula is C18H17BrN2O2S. The average molecular weight is 405 g/mol. The number of halogens is 1. The van der Waals surface area contributed by atoms with Gasteiger partial charge in [0.25, 0.3) is 5.91 Å². The fourth-order valence-electron chi connectivity index (χ4n) is 2.49. The van der Waals surface area contributed by atoms with Gasteiger partial charge in [-0.05, 0) is 50.2 Å². The summed E-state index contributed by atoms with van der Waals surface area (Å²) in [6.45, 7) is 5.32. The van der Waals surface area contributed by atoms with Crippen LogP contribution in [0.25, 0.3) is 10.2 Å². The molecule has 0 saturated heterocycles. The van der Waals surface area contributed by atoms with Crippen LogP contribution in [0.4, 0.5) is 0 Å². The highest BCUT2D eigenvalue weighted by molar-refractivity contribution is 9.10. The Bertz CT molecular complexity index is 942. The van der Waals surface area contributed by atoms with Crippen molar-refractivity contribution in [2.75, 3.05) is 6.61 Å². The zero-order chi connectivity index (χ0) is 17.1. The van der Waals surface area contributed by atoms with E-state index < -0.39 is 0 Å². The number of rotatable bonds is 4. The second-order valence-corrected chi connectivity index (χ2v) is 7.01. The Hall–Kier alpha value is -1.92. The van der Waals surface area contributed by atoms with Crippen molar-refractivity contribution in [1.29, 1.82) is 0 Å². The minimum absolute atomic E-state index is 0.241. The van der Waals surface area contributed by atoms with Gasteiger partial charge in [-0.2, -0.15) is 4.99 Å². The Morgan fingerprint density at radius 3 is 2.62 bits per heavy atom. The van der Waals surface area contributed by atoms with Crippen molar-refractivity contribution in [2.45, 2.75) is 20.4 Å². The van der Waals surface area contributed by atoms with Gasteiger partial charge in [0.05, 0.1) is 11.3 Å². The van der Waals surface area contributed by atoms with Crippen LogP contribution in [0.1, 0.15) is 24.2 Å². The summed E-state index contributed by atoms with van der Waals surface area (Å²) in [5.74, 6) is 0.583. The molecule has 0 spiro atoms. The molecule has 4 nitrogen and oxygen atoms in total. The highest BCUT2D eigenvalue weighted by Crippen LogP contribution is 2.27. The molecule has 0 N–H and O–H groups in total. The monoisotopic (exact) mass is 404 g/mol. The molecule has 1 heterocycles. The first-order chi connectivity index (χ1) is 11.6. The number of nitrogens with zero attached hydrogens (tertiary/aromatic N) is 2. The smallest absolute Gasteiger partial charge is 0.279 e. The standard InChI is InChI=1S/C18H17BrN2O2S/c1-3-21-16-14(23-4-2)6-5-7-15(16)24-18(21)20-17(22)12-8-10-13(19)11-9-12/h5-11H,3-4H2,1-2H3. The van der Waals surface area contributed by atoms with Crippen LogP contribution in [0, 0.1) is 0 Å². The van der Waals surface area contributed by atoms with Gasteiger partial charge in [0.2, 0.25) is 0 Å². The van der Waals surface area contributed by atoms with Gasteiger partial charge in [-0.3, -0.25) is 4.79 Å². The maximum atomic E-state index is 12.5. The minimum atomic E-state index is -0.241. The molecule has 1 amide bonds. The Morgan fingerprint density at radius 1 is 1.21 bits per heavy atom. The summed E-state index contributed by atoms with van der Waals surface area (Å²) in [7, 11) is 0. The fourth-order valence-corrected chi connectivity index (χ4v) is 3.87. The topological polar surface area (TPSA) is 43.6 Å². The number of hydrogen-bond donors (Lipinski definition) is 0. The van der Waals surface area contributed by atoms with E-state index in [4.69, 9.17) is 4.74 Å². The van der Waals surface area contributed by atoms with Crippen molar-refractivity contribution < 1.29 is 9.53 Å². The quantitative estimate of drug-likeness (QED) is 0.636. The van der Waals surface area contributed by atoms with E-state index in [1.165, 1.54) is 11.3 Å². The summed E-state index contributed by atoms with van der Waals surface area (Å²) < 4.78 is 9.76. The van der Waals surface area contributed by atoms with Crippen LogP contribution in [-0.4, -0.2) is 17.1 Å². The van der Waals surface area contributed by atoms with Gasteiger partial charge < -0.3 is 9.30 Å². The first-order valence-electron chi connectivity index (χ1n) is 7.73. The summed E-state index contributed by atoms with van der Waals surface area (Å²) in [6, 6.07) is 13.2. The van der Waals surface area contributed by atoms with E-state index in [0.29, 0.717) is 17.0 Å². The molecule has 0 atom stereocenters. The van der Waals surface area contributed by atoms with Crippen LogP contribution in [0.15, 0.2) is 51.9 Å². The molecule has 0 aliphatic carbocycles. The Kier molecular flexibility index (Phi) is 5.16. The van der Waals surface area contributed by atoms with Gasteiger partial charge in [0, 0.05) is 16.6 Å². The summed E-state index contributed by atoms with van der Waals surface area (Å²) in [6.07, 6.45) is 0. The van der Waals surface area contributed by atoms with Crippen LogP contribution in [0.2, 0.25) is 0 Å². The predicted molar refractivity (Wildman–Crippen MR) is 101 cm³/mol. The van der Waals surface area contributed by atoms with E-state index >= 15 is 0 Å². The van der Waals surface area contributed by atoms with Crippen LogP contribution in [0.5, 0.6) is 5.75 Å². The number of ether oxygens (including phenoxy) is 1. The molecule has 0 radical (unpaired) electrons. The normalized spacial score (nSPS) is 11.9. The summed E-state index contributed by atoms with van der Waals surface area (Å²) in [5, 5.41) is 0. The third-order valence-electron chi connectivity index (χ3n) is 3.57. The molecule has 0 aliphatic rings. The van der Waals surface area contributed by atoms with Gasteiger partial charge in [-0.1, -0.05) is 33.3 Å². The highest BCUT2D eigenvalue weighted by atomic mass is 79.9. The van der Waals surface area contributed by atoms with Crippen LogP contribution < -0.4 is 9.54 Å².